The summed E-state index contributed by atoms with van der Waals surface area (Å²) in [7, 11) is 0. The summed E-state index contributed by atoms with van der Waals surface area (Å²) in [5, 5.41) is 3.71. The van der Waals surface area contributed by atoms with Crippen molar-refractivity contribution < 1.29 is 0 Å². The van der Waals surface area contributed by atoms with E-state index in [2.05, 4.69) is 53.8 Å². The van der Waals surface area contributed by atoms with Crippen molar-refractivity contribution in [3.8, 4) is 0 Å². The van der Waals surface area contributed by atoms with Crippen LogP contribution in [0.5, 0.6) is 0 Å². The summed E-state index contributed by atoms with van der Waals surface area (Å²) >= 11 is 0. The van der Waals surface area contributed by atoms with Gasteiger partial charge in [-0.15, -0.1) is 0 Å². The van der Waals surface area contributed by atoms with Crippen LogP contribution in [0.1, 0.15) is 99.8 Å². The van der Waals surface area contributed by atoms with E-state index in [1.807, 2.05) is 0 Å². The van der Waals surface area contributed by atoms with Crippen LogP contribution in [0.15, 0.2) is 0 Å². The minimum atomic E-state index is 0.524. The molecule has 0 aliphatic rings. The summed E-state index contributed by atoms with van der Waals surface area (Å²) in [6, 6.07) is 0.672. The maximum absolute atomic E-state index is 3.71. The fraction of sp³-hybridized carbons (Fsp3) is 1.00. The van der Waals surface area contributed by atoms with Crippen molar-refractivity contribution in [2.75, 3.05) is 6.54 Å². The standard InChI is InChI=1S/C20H43N/c1-8-12-19(16-21-18(5)10-3)13-11-14-20(6,7)15-17(4)9-2/h17-19,21H,8-16H2,1-7H3. The first-order chi connectivity index (χ1) is 9.84. The molecule has 0 spiro atoms. The Hall–Kier alpha value is -0.0400. The first-order valence-corrected chi connectivity index (χ1v) is 9.57. The lowest BCUT2D eigenvalue weighted by Crippen LogP contribution is -2.30. The Morgan fingerprint density at radius 2 is 1.62 bits per heavy atom. The second-order valence-electron chi connectivity index (χ2n) is 8.15. The molecule has 21 heavy (non-hydrogen) atoms. The van der Waals surface area contributed by atoms with Crippen LogP contribution in [0.25, 0.3) is 0 Å². The lowest BCUT2D eigenvalue weighted by atomic mass is 9.78. The second-order valence-corrected chi connectivity index (χ2v) is 8.15. The number of nitrogens with one attached hydrogen (secondary N) is 1. The summed E-state index contributed by atoms with van der Waals surface area (Å²) in [5.74, 6) is 1.75. The van der Waals surface area contributed by atoms with Crippen LogP contribution in [0.3, 0.4) is 0 Å². The first kappa shape index (κ1) is 21.0. The fourth-order valence-electron chi connectivity index (χ4n) is 3.33. The molecule has 3 atom stereocenters. The first-order valence-electron chi connectivity index (χ1n) is 9.57. The Kier molecular flexibility index (Phi) is 11.5. The summed E-state index contributed by atoms with van der Waals surface area (Å²) in [6.07, 6.45) is 10.8. The minimum Gasteiger partial charge on any atom is -0.314 e. The maximum atomic E-state index is 3.71. The molecule has 0 aliphatic heterocycles. The van der Waals surface area contributed by atoms with Gasteiger partial charge in [0, 0.05) is 6.04 Å². The zero-order valence-corrected chi connectivity index (χ0v) is 16.1. The van der Waals surface area contributed by atoms with Crippen molar-refractivity contribution in [1.82, 2.24) is 5.32 Å². The molecule has 128 valence electrons. The van der Waals surface area contributed by atoms with Gasteiger partial charge in [0.05, 0.1) is 0 Å². The van der Waals surface area contributed by atoms with Gasteiger partial charge in [-0.1, -0.05) is 60.8 Å². The Morgan fingerprint density at radius 1 is 0.952 bits per heavy atom. The van der Waals surface area contributed by atoms with E-state index in [0.29, 0.717) is 11.5 Å². The molecule has 1 heteroatoms. The molecule has 0 radical (unpaired) electrons. The third-order valence-electron chi connectivity index (χ3n) is 5.13. The molecule has 0 aliphatic carbocycles. The van der Waals surface area contributed by atoms with Crippen LogP contribution in [0.4, 0.5) is 0 Å². The van der Waals surface area contributed by atoms with Crippen molar-refractivity contribution in [2.24, 2.45) is 17.3 Å². The lowest BCUT2D eigenvalue weighted by molar-refractivity contribution is 0.236. The predicted molar refractivity (Wildman–Crippen MR) is 97.9 cm³/mol. The molecule has 0 amide bonds. The average molecular weight is 298 g/mol. The van der Waals surface area contributed by atoms with Gasteiger partial charge in [0.2, 0.25) is 0 Å². The molecule has 0 bridgehead atoms. The van der Waals surface area contributed by atoms with E-state index in [9.17, 15) is 0 Å². The van der Waals surface area contributed by atoms with E-state index in [0.717, 1.165) is 11.8 Å². The maximum Gasteiger partial charge on any atom is 0.00362 e. The molecule has 1 nitrogen and oxygen atoms in total. The molecular formula is C20H43N. The zero-order chi connectivity index (χ0) is 16.3. The second kappa shape index (κ2) is 11.5. The smallest absolute Gasteiger partial charge is 0.00362 e. The van der Waals surface area contributed by atoms with Crippen molar-refractivity contribution in [3.05, 3.63) is 0 Å². The van der Waals surface area contributed by atoms with Gasteiger partial charge in [-0.05, 0) is 62.8 Å². The zero-order valence-electron chi connectivity index (χ0n) is 16.1. The van der Waals surface area contributed by atoms with Crippen LogP contribution in [-0.4, -0.2) is 12.6 Å². The molecular weight excluding hydrogens is 254 g/mol. The third kappa shape index (κ3) is 11.2. The number of hydrogen-bond acceptors (Lipinski definition) is 1. The van der Waals surface area contributed by atoms with Crippen molar-refractivity contribution >= 4 is 0 Å². The summed E-state index contributed by atoms with van der Waals surface area (Å²) in [4.78, 5) is 0. The van der Waals surface area contributed by atoms with E-state index in [1.54, 1.807) is 0 Å². The van der Waals surface area contributed by atoms with Gasteiger partial charge in [0.1, 0.15) is 0 Å². The van der Waals surface area contributed by atoms with Crippen molar-refractivity contribution in [3.63, 3.8) is 0 Å². The fourth-order valence-corrected chi connectivity index (χ4v) is 3.33. The lowest BCUT2D eigenvalue weighted by Gasteiger charge is -2.29. The molecule has 0 heterocycles. The Labute approximate surface area is 135 Å². The third-order valence-corrected chi connectivity index (χ3v) is 5.13. The largest absolute Gasteiger partial charge is 0.314 e. The van der Waals surface area contributed by atoms with E-state index in [-0.39, 0.29) is 0 Å². The molecule has 0 fully saturated rings. The van der Waals surface area contributed by atoms with Crippen LogP contribution in [0.2, 0.25) is 0 Å². The molecule has 0 rings (SSSR count). The molecule has 1 N–H and O–H groups in total. The van der Waals surface area contributed by atoms with Crippen LogP contribution >= 0.6 is 0 Å². The van der Waals surface area contributed by atoms with E-state index in [4.69, 9.17) is 0 Å². The molecule has 0 aromatic rings. The highest BCUT2D eigenvalue weighted by Crippen LogP contribution is 2.33. The molecule has 3 unspecified atom stereocenters. The van der Waals surface area contributed by atoms with Gasteiger partial charge in [-0.25, -0.2) is 0 Å². The van der Waals surface area contributed by atoms with Crippen LogP contribution < -0.4 is 5.32 Å². The van der Waals surface area contributed by atoms with Gasteiger partial charge in [0.25, 0.3) is 0 Å². The normalized spacial score (nSPS) is 16.7. The number of rotatable bonds is 13. The Bertz CT molecular complexity index is 234. The molecule has 0 saturated carbocycles. The predicted octanol–water partition coefficient (Wildman–Crippen LogP) is 6.42. The van der Waals surface area contributed by atoms with Crippen LogP contribution in [0, 0.1) is 17.3 Å². The van der Waals surface area contributed by atoms with E-state index in [1.165, 1.54) is 57.9 Å². The van der Waals surface area contributed by atoms with Gasteiger partial charge in [-0.3, -0.25) is 0 Å². The molecule has 0 aromatic heterocycles. The van der Waals surface area contributed by atoms with E-state index >= 15 is 0 Å². The highest BCUT2D eigenvalue weighted by atomic mass is 14.9. The SMILES string of the molecule is CCCC(CCCC(C)(C)CC(C)CC)CNC(C)CC. The van der Waals surface area contributed by atoms with Crippen LogP contribution in [-0.2, 0) is 0 Å². The summed E-state index contributed by atoms with van der Waals surface area (Å²) < 4.78 is 0. The Balaban J connectivity index is 4.06. The van der Waals surface area contributed by atoms with Gasteiger partial charge < -0.3 is 5.32 Å². The quantitative estimate of drug-likeness (QED) is 0.413. The average Bonchev–Trinajstić information content (AvgIpc) is 2.43. The number of hydrogen-bond donors (Lipinski definition) is 1. The van der Waals surface area contributed by atoms with Crippen molar-refractivity contribution in [2.45, 2.75) is 106 Å². The van der Waals surface area contributed by atoms with Gasteiger partial charge in [0.15, 0.2) is 0 Å². The molecule has 0 saturated heterocycles. The highest BCUT2D eigenvalue weighted by molar-refractivity contribution is 4.73. The van der Waals surface area contributed by atoms with Crippen molar-refractivity contribution in [1.29, 1.82) is 0 Å². The molecule has 0 aromatic carbocycles. The minimum absolute atomic E-state index is 0.524. The monoisotopic (exact) mass is 297 g/mol. The highest BCUT2D eigenvalue weighted by Gasteiger charge is 2.20. The van der Waals surface area contributed by atoms with E-state index < -0.39 is 0 Å². The summed E-state index contributed by atoms with van der Waals surface area (Å²) in [5.41, 5.74) is 0.524. The summed E-state index contributed by atoms with van der Waals surface area (Å²) in [6.45, 7) is 17.8. The van der Waals surface area contributed by atoms with Gasteiger partial charge >= 0.3 is 0 Å². The Morgan fingerprint density at radius 3 is 2.14 bits per heavy atom. The topological polar surface area (TPSA) is 12.0 Å². The van der Waals surface area contributed by atoms with Gasteiger partial charge in [-0.2, -0.15) is 0 Å².